The molecule has 2 heterocycles. The fraction of sp³-hybridized carbons (Fsp3) is 0.231. The predicted molar refractivity (Wildman–Crippen MR) is 71.9 cm³/mol. The van der Waals surface area contributed by atoms with E-state index in [0.29, 0.717) is 11.5 Å². The lowest BCUT2D eigenvalue weighted by Crippen LogP contribution is -2.09. The molecule has 2 N–H and O–H groups in total. The van der Waals surface area contributed by atoms with E-state index in [9.17, 15) is 13.2 Å². The van der Waals surface area contributed by atoms with Gasteiger partial charge in [0.05, 0.1) is 11.3 Å². The van der Waals surface area contributed by atoms with Crippen molar-refractivity contribution < 1.29 is 13.2 Å². The number of halogens is 3. The first-order chi connectivity index (χ1) is 9.47. The van der Waals surface area contributed by atoms with E-state index in [1.54, 1.807) is 11.8 Å². The molecule has 1 aliphatic heterocycles. The molecule has 1 aromatic carbocycles. The van der Waals surface area contributed by atoms with Gasteiger partial charge in [0.25, 0.3) is 0 Å². The minimum atomic E-state index is -4.44. The zero-order valence-corrected chi connectivity index (χ0v) is 11.1. The first kappa shape index (κ1) is 13.2. The van der Waals surface area contributed by atoms with Crippen molar-refractivity contribution in [2.45, 2.75) is 17.7 Å². The van der Waals surface area contributed by atoms with E-state index in [2.05, 4.69) is 9.97 Å². The molecule has 0 unspecified atom stereocenters. The zero-order valence-electron chi connectivity index (χ0n) is 10.2. The number of hydrogen-bond acceptors (Lipinski definition) is 4. The maximum absolute atomic E-state index is 13.0. The van der Waals surface area contributed by atoms with E-state index in [1.165, 1.54) is 18.2 Å². The molecule has 0 radical (unpaired) electrons. The SMILES string of the molecule is Nc1nc(-c2ccccc2C(F)(F)F)nc2c1CSC2. The van der Waals surface area contributed by atoms with Gasteiger partial charge in [-0.2, -0.15) is 24.9 Å². The van der Waals surface area contributed by atoms with Crippen LogP contribution < -0.4 is 5.73 Å². The third kappa shape index (κ3) is 2.22. The summed E-state index contributed by atoms with van der Waals surface area (Å²) in [4.78, 5) is 8.29. The van der Waals surface area contributed by atoms with Crippen molar-refractivity contribution in [2.75, 3.05) is 5.73 Å². The molecule has 1 aliphatic rings. The van der Waals surface area contributed by atoms with Crippen LogP contribution >= 0.6 is 11.8 Å². The first-order valence-electron chi connectivity index (χ1n) is 5.86. The van der Waals surface area contributed by atoms with Crippen LogP contribution in [0, 0.1) is 0 Å². The maximum atomic E-state index is 13.0. The summed E-state index contributed by atoms with van der Waals surface area (Å²) >= 11 is 1.63. The summed E-state index contributed by atoms with van der Waals surface area (Å²) in [7, 11) is 0. The number of thioether (sulfide) groups is 1. The lowest BCUT2D eigenvalue weighted by Gasteiger charge is -2.13. The van der Waals surface area contributed by atoms with Crippen LogP contribution in [0.3, 0.4) is 0 Å². The Morgan fingerprint density at radius 3 is 2.60 bits per heavy atom. The summed E-state index contributed by atoms with van der Waals surface area (Å²) in [6, 6.07) is 5.27. The molecule has 20 heavy (non-hydrogen) atoms. The van der Waals surface area contributed by atoms with Crippen LogP contribution in [0.2, 0.25) is 0 Å². The Labute approximate surface area is 117 Å². The van der Waals surface area contributed by atoms with Gasteiger partial charge in [-0.25, -0.2) is 9.97 Å². The molecule has 0 saturated carbocycles. The summed E-state index contributed by atoms with van der Waals surface area (Å²) in [5.74, 6) is 1.68. The van der Waals surface area contributed by atoms with Crippen LogP contribution in [-0.2, 0) is 17.7 Å². The number of anilines is 1. The number of nitrogen functional groups attached to an aromatic ring is 1. The minimum absolute atomic E-state index is 0.0357. The fourth-order valence-corrected chi connectivity index (χ4v) is 3.17. The lowest BCUT2D eigenvalue weighted by molar-refractivity contribution is -0.137. The quantitative estimate of drug-likeness (QED) is 0.875. The number of nitrogens with zero attached hydrogens (tertiary/aromatic N) is 2. The minimum Gasteiger partial charge on any atom is -0.383 e. The van der Waals surface area contributed by atoms with Crippen LogP contribution in [0.4, 0.5) is 19.0 Å². The number of nitrogens with two attached hydrogens (primary N) is 1. The number of benzene rings is 1. The van der Waals surface area contributed by atoms with Crippen molar-refractivity contribution in [3.8, 4) is 11.4 Å². The number of alkyl halides is 3. The maximum Gasteiger partial charge on any atom is 0.417 e. The third-order valence-electron chi connectivity index (χ3n) is 3.08. The van der Waals surface area contributed by atoms with E-state index >= 15 is 0 Å². The molecule has 104 valence electrons. The van der Waals surface area contributed by atoms with Crippen molar-refractivity contribution in [1.29, 1.82) is 0 Å². The van der Waals surface area contributed by atoms with Crippen LogP contribution in [0.15, 0.2) is 24.3 Å². The molecular weight excluding hydrogens is 287 g/mol. The van der Waals surface area contributed by atoms with Crippen molar-refractivity contribution in [2.24, 2.45) is 0 Å². The molecule has 3 rings (SSSR count). The summed E-state index contributed by atoms with van der Waals surface area (Å²) in [5.41, 5.74) is 6.61. The Morgan fingerprint density at radius 1 is 1.10 bits per heavy atom. The Balaban J connectivity index is 2.18. The van der Waals surface area contributed by atoms with Gasteiger partial charge in [-0.3, -0.25) is 0 Å². The molecular formula is C13H10F3N3S. The average molecular weight is 297 g/mol. The van der Waals surface area contributed by atoms with Crippen LogP contribution in [0.1, 0.15) is 16.8 Å². The Hall–Kier alpha value is -1.76. The molecule has 0 aliphatic carbocycles. The first-order valence-corrected chi connectivity index (χ1v) is 7.02. The van der Waals surface area contributed by atoms with Gasteiger partial charge in [-0.15, -0.1) is 0 Å². The van der Waals surface area contributed by atoms with Crippen molar-refractivity contribution in [3.05, 3.63) is 41.1 Å². The Kier molecular flexibility index (Phi) is 3.08. The molecule has 0 saturated heterocycles. The molecule has 0 bridgehead atoms. The lowest BCUT2D eigenvalue weighted by atomic mass is 10.1. The smallest absolute Gasteiger partial charge is 0.383 e. The van der Waals surface area contributed by atoms with E-state index in [0.717, 1.165) is 17.3 Å². The van der Waals surface area contributed by atoms with Gasteiger partial charge in [0.15, 0.2) is 5.82 Å². The molecule has 2 aromatic rings. The van der Waals surface area contributed by atoms with Gasteiger partial charge in [-0.05, 0) is 6.07 Å². The van der Waals surface area contributed by atoms with Crippen LogP contribution in [-0.4, -0.2) is 9.97 Å². The van der Waals surface area contributed by atoms with E-state index in [4.69, 9.17) is 5.73 Å². The van der Waals surface area contributed by atoms with Crippen LogP contribution in [0.25, 0.3) is 11.4 Å². The Morgan fingerprint density at radius 2 is 1.85 bits per heavy atom. The van der Waals surface area contributed by atoms with E-state index in [-0.39, 0.29) is 17.2 Å². The highest BCUT2D eigenvalue weighted by atomic mass is 32.2. The van der Waals surface area contributed by atoms with Crippen molar-refractivity contribution in [3.63, 3.8) is 0 Å². The monoisotopic (exact) mass is 297 g/mol. The molecule has 0 atom stereocenters. The highest BCUT2D eigenvalue weighted by Gasteiger charge is 2.34. The molecule has 7 heteroatoms. The average Bonchev–Trinajstić information content (AvgIpc) is 2.86. The summed E-state index contributed by atoms with van der Waals surface area (Å²) in [5, 5.41) is 0. The highest BCUT2D eigenvalue weighted by molar-refractivity contribution is 7.98. The molecule has 0 fully saturated rings. The number of fused-ring (bicyclic) bond motifs is 1. The van der Waals surface area contributed by atoms with Gasteiger partial charge in [0.1, 0.15) is 5.82 Å². The molecule has 0 amide bonds. The second-order valence-corrected chi connectivity index (χ2v) is 5.38. The molecule has 3 nitrogen and oxygen atoms in total. The highest BCUT2D eigenvalue weighted by Crippen LogP contribution is 2.38. The zero-order chi connectivity index (χ0) is 14.3. The van der Waals surface area contributed by atoms with E-state index < -0.39 is 11.7 Å². The number of rotatable bonds is 1. The summed E-state index contributed by atoms with van der Waals surface area (Å²) in [6.45, 7) is 0. The van der Waals surface area contributed by atoms with Gasteiger partial charge < -0.3 is 5.73 Å². The predicted octanol–water partition coefficient (Wildman–Crippen LogP) is 3.49. The van der Waals surface area contributed by atoms with Gasteiger partial charge >= 0.3 is 6.18 Å². The second-order valence-electron chi connectivity index (χ2n) is 4.39. The fourth-order valence-electron chi connectivity index (χ4n) is 2.12. The van der Waals surface area contributed by atoms with Crippen molar-refractivity contribution >= 4 is 17.6 Å². The largest absolute Gasteiger partial charge is 0.417 e. The summed E-state index contributed by atoms with van der Waals surface area (Å²) in [6.07, 6.45) is -4.44. The number of hydrogen-bond donors (Lipinski definition) is 1. The standard InChI is InChI=1S/C13H10F3N3S/c14-13(15,16)9-4-2-1-3-7(9)12-18-10-6-20-5-8(10)11(17)19-12/h1-4H,5-6H2,(H2,17,18,19). The van der Waals surface area contributed by atoms with Gasteiger partial charge in [-0.1, -0.05) is 18.2 Å². The normalized spacial score (nSPS) is 14.3. The van der Waals surface area contributed by atoms with Gasteiger partial charge in [0.2, 0.25) is 0 Å². The summed E-state index contributed by atoms with van der Waals surface area (Å²) < 4.78 is 39.1. The van der Waals surface area contributed by atoms with Crippen LogP contribution in [0.5, 0.6) is 0 Å². The molecule has 0 spiro atoms. The number of aromatic nitrogens is 2. The third-order valence-corrected chi connectivity index (χ3v) is 4.05. The van der Waals surface area contributed by atoms with Gasteiger partial charge in [0, 0.05) is 22.6 Å². The van der Waals surface area contributed by atoms with Crippen molar-refractivity contribution in [1.82, 2.24) is 9.97 Å². The van der Waals surface area contributed by atoms with E-state index in [1.807, 2.05) is 0 Å². The topological polar surface area (TPSA) is 51.8 Å². The second kappa shape index (κ2) is 4.66. The molecule has 1 aromatic heterocycles. The Bertz CT molecular complexity index is 670.